The zero-order chi connectivity index (χ0) is 19.5. The van der Waals surface area contributed by atoms with Crippen LogP contribution in [0.4, 0.5) is 0 Å². The van der Waals surface area contributed by atoms with Crippen LogP contribution >= 0.6 is 24.0 Å². The lowest BCUT2D eigenvalue weighted by Gasteiger charge is -2.37. The minimum atomic E-state index is 0. The van der Waals surface area contributed by atoms with Crippen LogP contribution in [0.3, 0.4) is 0 Å². The van der Waals surface area contributed by atoms with E-state index in [1.807, 2.05) is 0 Å². The monoisotopic (exact) mass is 508 g/mol. The number of rotatable bonds is 9. The normalized spacial score (nSPS) is 23.9. The molecule has 0 radical (unpaired) electrons. The maximum absolute atomic E-state index is 4.85. The third-order valence-electron chi connectivity index (χ3n) is 6.19. The van der Waals surface area contributed by atoms with Gasteiger partial charge in [-0.2, -0.15) is 0 Å². The third kappa shape index (κ3) is 9.13. The summed E-state index contributed by atoms with van der Waals surface area (Å²) in [5, 5.41) is 6.94. The summed E-state index contributed by atoms with van der Waals surface area (Å²) in [5.74, 6) is 0.975. The molecule has 0 bridgehead atoms. The Morgan fingerprint density at radius 3 is 2.46 bits per heavy atom. The number of nitrogens with zero attached hydrogens (tertiary/aromatic N) is 4. The smallest absolute Gasteiger partial charge is 0.191 e. The standard InChI is InChI=1S/C21H44N6.HI/c1-5-22-21(23-11-9-13-26-12-8-7-10-19(26)3)24-18-20(4)27-16-14-25(6-2)15-17-27;/h19-20H,5-18H2,1-4H3,(H2,22,23,24);1H. The summed E-state index contributed by atoms with van der Waals surface area (Å²) < 4.78 is 0. The number of nitrogens with one attached hydrogen (secondary N) is 2. The molecule has 2 fully saturated rings. The number of guanidine groups is 1. The van der Waals surface area contributed by atoms with E-state index in [1.165, 1.54) is 71.5 Å². The first-order valence-electron chi connectivity index (χ1n) is 11.4. The van der Waals surface area contributed by atoms with Gasteiger partial charge in [-0.3, -0.25) is 9.89 Å². The molecular formula is C21H45IN6. The molecule has 2 unspecified atom stereocenters. The molecule has 166 valence electrons. The number of hydrogen-bond donors (Lipinski definition) is 2. The number of halogens is 1. The van der Waals surface area contributed by atoms with E-state index in [-0.39, 0.29) is 24.0 Å². The van der Waals surface area contributed by atoms with Gasteiger partial charge in [0.15, 0.2) is 5.96 Å². The second-order valence-electron chi connectivity index (χ2n) is 8.20. The van der Waals surface area contributed by atoms with Crippen molar-refractivity contribution in [3.8, 4) is 0 Å². The van der Waals surface area contributed by atoms with Gasteiger partial charge in [-0.1, -0.05) is 13.3 Å². The zero-order valence-electron chi connectivity index (χ0n) is 18.8. The number of likely N-dealkylation sites (tertiary alicyclic amines) is 1. The van der Waals surface area contributed by atoms with Crippen LogP contribution in [0.25, 0.3) is 0 Å². The minimum absolute atomic E-state index is 0. The molecule has 0 aromatic heterocycles. The van der Waals surface area contributed by atoms with Crippen molar-refractivity contribution in [3.05, 3.63) is 0 Å². The number of hydrogen-bond acceptors (Lipinski definition) is 4. The van der Waals surface area contributed by atoms with E-state index in [4.69, 9.17) is 4.99 Å². The van der Waals surface area contributed by atoms with E-state index in [0.717, 1.165) is 31.6 Å². The van der Waals surface area contributed by atoms with Gasteiger partial charge < -0.3 is 20.4 Å². The van der Waals surface area contributed by atoms with Crippen molar-refractivity contribution in [1.82, 2.24) is 25.3 Å². The van der Waals surface area contributed by atoms with Crippen molar-refractivity contribution in [2.24, 2.45) is 4.99 Å². The van der Waals surface area contributed by atoms with Crippen LogP contribution in [0.5, 0.6) is 0 Å². The number of piperidine rings is 1. The van der Waals surface area contributed by atoms with E-state index in [9.17, 15) is 0 Å². The molecule has 0 aliphatic carbocycles. The van der Waals surface area contributed by atoms with Gasteiger partial charge in [-0.25, -0.2) is 0 Å². The molecule has 2 N–H and O–H groups in total. The second kappa shape index (κ2) is 14.8. The minimum Gasteiger partial charge on any atom is -0.357 e. The Morgan fingerprint density at radius 2 is 1.82 bits per heavy atom. The Hall–Kier alpha value is -0.120. The Morgan fingerprint density at radius 1 is 1.07 bits per heavy atom. The highest BCUT2D eigenvalue weighted by atomic mass is 127. The third-order valence-corrected chi connectivity index (χ3v) is 6.19. The van der Waals surface area contributed by atoms with E-state index in [0.29, 0.717) is 6.04 Å². The zero-order valence-corrected chi connectivity index (χ0v) is 21.1. The van der Waals surface area contributed by atoms with Crippen molar-refractivity contribution < 1.29 is 0 Å². The molecule has 0 saturated carbocycles. The van der Waals surface area contributed by atoms with Gasteiger partial charge >= 0.3 is 0 Å². The van der Waals surface area contributed by atoms with Crippen molar-refractivity contribution in [3.63, 3.8) is 0 Å². The summed E-state index contributed by atoms with van der Waals surface area (Å²) in [4.78, 5) is 12.6. The molecule has 0 aromatic rings. The van der Waals surface area contributed by atoms with Crippen molar-refractivity contribution in [2.45, 2.75) is 65.5 Å². The molecule has 2 atom stereocenters. The summed E-state index contributed by atoms with van der Waals surface area (Å²) in [5.41, 5.74) is 0. The predicted molar refractivity (Wildman–Crippen MR) is 132 cm³/mol. The van der Waals surface area contributed by atoms with Gasteiger partial charge in [0.05, 0.1) is 6.54 Å². The molecule has 2 heterocycles. The molecule has 2 saturated heterocycles. The summed E-state index contributed by atoms with van der Waals surface area (Å²) in [6, 6.07) is 1.27. The molecule has 2 rings (SSSR count). The van der Waals surface area contributed by atoms with Crippen LogP contribution in [0.2, 0.25) is 0 Å². The van der Waals surface area contributed by atoms with E-state index in [2.05, 4.69) is 53.0 Å². The van der Waals surface area contributed by atoms with Gasteiger partial charge in [0.1, 0.15) is 0 Å². The lowest BCUT2D eigenvalue weighted by Crippen LogP contribution is -2.50. The lowest BCUT2D eigenvalue weighted by molar-refractivity contribution is 0.109. The molecule has 0 aromatic carbocycles. The van der Waals surface area contributed by atoms with Gasteiger partial charge in [0.2, 0.25) is 0 Å². The molecule has 0 spiro atoms. The lowest BCUT2D eigenvalue weighted by atomic mass is 10.0. The van der Waals surface area contributed by atoms with Gasteiger partial charge in [-0.05, 0) is 53.1 Å². The highest BCUT2D eigenvalue weighted by Gasteiger charge is 2.20. The quantitative estimate of drug-likeness (QED) is 0.217. The van der Waals surface area contributed by atoms with Gasteiger partial charge in [-0.15, -0.1) is 24.0 Å². The maximum atomic E-state index is 4.85. The predicted octanol–water partition coefficient (Wildman–Crippen LogP) is 2.45. The summed E-state index contributed by atoms with van der Waals surface area (Å²) in [7, 11) is 0. The van der Waals surface area contributed by atoms with E-state index in [1.54, 1.807) is 0 Å². The Kier molecular flexibility index (Phi) is 13.7. The highest BCUT2D eigenvalue weighted by molar-refractivity contribution is 14.0. The fourth-order valence-corrected chi connectivity index (χ4v) is 4.18. The summed E-state index contributed by atoms with van der Waals surface area (Å²) in [6.45, 7) is 20.2. The maximum Gasteiger partial charge on any atom is 0.191 e. The van der Waals surface area contributed by atoms with Crippen LogP contribution in [0, 0.1) is 0 Å². The van der Waals surface area contributed by atoms with Crippen LogP contribution in [0.1, 0.15) is 53.4 Å². The Labute approximate surface area is 190 Å². The SMILES string of the molecule is CCNC(=NCC(C)N1CCN(CC)CC1)NCCCN1CCCCC1C.I. The average molecular weight is 509 g/mol. The summed E-state index contributed by atoms with van der Waals surface area (Å²) in [6.07, 6.45) is 5.32. The first kappa shape index (κ1) is 25.9. The molecule has 6 nitrogen and oxygen atoms in total. The number of aliphatic imine (C=N–C) groups is 1. The van der Waals surface area contributed by atoms with Crippen molar-refractivity contribution in [2.75, 3.05) is 65.4 Å². The summed E-state index contributed by atoms with van der Waals surface area (Å²) >= 11 is 0. The van der Waals surface area contributed by atoms with Crippen LogP contribution < -0.4 is 10.6 Å². The number of likely N-dealkylation sites (N-methyl/N-ethyl adjacent to an activating group) is 1. The van der Waals surface area contributed by atoms with Gasteiger partial charge in [0.25, 0.3) is 0 Å². The Balaban J connectivity index is 0.00000392. The van der Waals surface area contributed by atoms with Crippen LogP contribution in [-0.2, 0) is 0 Å². The van der Waals surface area contributed by atoms with Gasteiger partial charge in [0, 0.05) is 57.9 Å². The topological polar surface area (TPSA) is 46.1 Å². The highest BCUT2D eigenvalue weighted by Crippen LogP contribution is 2.16. The van der Waals surface area contributed by atoms with Crippen LogP contribution in [0.15, 0.2) is 4.99 Å². The largest absolute Gasteiger partial charge is 0.357 e. The van der Waals surface area contributed by atoms with E-state index >= 15 is 0 Å². The molecule has 7 heteroatoms. The molecule has 28 heavy (non-hydrogen) atoms. The molecule has 2 aliphatic rings. The average Bonchev–Trinajstić information content (AvgIpc) is 2.70. The number of piperazine rings is 1. The fraction of sp³-hybridized carbons (Fsp3) is 0.952. The van der Waals surface area contributed by atoms with Crippen molar-refractivity contribution in [1.29, 1.82) is 0 Å². The molecular weight excluding hydrogens is 463 g/mol. The Bertz CT molecular complexity index is 425. The fourth-order valence-electron chi connectivity index (χ4n) is 4.18. The van der Waals surface area contributed by atoms with Crippen LogP contribution in [-0.4, -0.2) is 98.2 Å². The molecule has 2 aliphatic heterocycles. The first-order valence-corrected chi connectivity index (χ1v) is 11.4. The second-order valence-corrected chi connectivity index (χ2v) is 8.20. The molecule has 0 amide bonds. The first-order chi connectivity index (χ1) is 13.1. The van der Waals surface area contributed by atoms with E-state index < -0.39 is 0 Å². The van der Waals surface area contributed by atoms with Crippen molar-refractivity contribution >= 4 is 29.9 Å².